The normalized spacial score (nSPS) is 11.2. The molecule has 1 rings (SSSR count). The molecule has 5 nitrogen and oxygen atoms in total. The van der Waals surface area contributed by atoms with Crippen LogP contribution < -0.4 is 10.6 Å². The highest BCUT2D eigenvalue weighted by Crippen LogP contribution is 2.29. The van der Waals surface area contributed by atoms with Gasteiger partial charge in [-0.3, -0.25) is 9.59 Å². The van der Waals surface area contributed by atoms with Crippen LogP contribution in [0.1, 0.15) is 38.7 Å². The van der Waals surface area contributed by atoms with E-state index in [1.807, 2.05) is 26.8 Å². The largest absolute Gasteiger partial charge is 0.396 e. The molecule has 128 valence electrons. The summed E-state index contributed by atoms with van der Waals surface area (Å²) >= 11 is 6.10. The van der Waals surface area contributed by atoms with E-state index in [1.165, 1.54) is 0 Å². The molecule has 1 aromatic carbocycles. The Morgan fingerprint density at radius 2 is 1.87 bits per heavy atom. The molecular weight excluding hydrogens is 316 g/mol. The summed E-state index contributed by atoms with van der Waals surface area (Å²) in [4.78, 5) is 24.0. The van der Waals surface area contributed by atoms with Gasteiger partial charge in [-0.05, 0) is 43.2 Å². The fourth-order valence-electron chi connectivity index (χ4n) is 2.45. The van der Waals surface area contributed by atoms with E-state index in [2.05, 4.69) is 10.6 Å². The number of halogens is 1. The van der Waals surface area contributed by atoms with Gasteiger partial charge in [0.25, 0.3) is 0 Å². The van der Waals surface area contributed by atoms with Gasteiger partial charge in [0.05, 0.1) is 10.7 Å². The van der Waals surface area contributed by atoms with Gasteiger partial charge in [0.1, 0.15) is 0 Å². The Hall–Kier alpha value is -1.59. The zero-order chi connectivity index (χ0) is 17.5. The van der Waals surface area contributed by atoms with Gasteiger partial charge in [0.2, 0.25) is 0 Å². The van der Waals surface area contributed by atoms with E-state index in [9.17, 15) is 14.7 Å². The molecule has 0 aliphatic rings. The predicted molar refractivity (Wildman–Crippen MR) is 92.5 cm³/mol. The number of aliphatic hydroxyl groups excluding tert-OH is 1. The zero-order valence-corrected chi connectivity index (χ0v) is 14.7. The Morgan fingerprint density at radius 1 is 1.22 bits per heavy atom. The number of nitrogens with one attached hydrogen (secondary N) is 2. The predicted octanol–water partition coefficient (Wildman–Crippen LogP) is 2.89. The second-order valence-electron chi connectivity index (χ2n) is 5.75. The maximum atomic E-state index is 12.0. The maximum Gasteiger partial charge on any atom is 0.313 e. The number of benzene rings is 1. The number of aliphatic hydroxyl groups is 1. The molecule has 0 saturated heterocycles. The minimum atomic E-state index is -0.748. The Bertz CT molecular complexity index is 557. The first-order valence-corrected chi connectivity index (χ1v) is 8.22. The Balaban J connectivity index is 2.67. The summed E-state index contributed by atoms with van der Waals surface area (Å²) in [6, 6.07) is 5.23. The Kier molecular flexibility index (Phi) is 7.52. The van der Waals surface area contributed by atoms with Gasteiger partial charge in [-0.25, -0.2) is 0 Å². The van der Waals surface area contributed by atoms with Gasteiger partial charge in [-0.15, -0.1) is 0 Å². The molecule has 0 aliphatic heterocycles. The minimum absolute atomic E-state index is 0.0582. The van der Waals surface area contributed by atoms with Crippen LogP contribution in [-0.2, 0) is 9.59 Å². The molecule has 0 unspecified atom stereocenters. The lowest BCUT2D eigenvalue weighted by atomic mass is 9.79. The van der Waals surface area contributed by atoms with Crippen molar-refractivity contribution in [3.8, 4) is 0 Å². The van der Waals surface area contributed by atoms with Crippen molar-refractivity contribution in [2.24, 2.45) is 5.41 Å². The summed E-state index contributed by atoms with van der Waals surface area (Å²) < 4.78 is 0. The first-order chi connectivity index (χ1) is 10.9. The van der Waals surface area contributed by atoms with Crippen molar-refractivity contribution in [3.63, 3.8) is 0 Å². The van der Waals surface area contributed by atoms with Crippen LogP contribution in [0.15, 0.2) is 18.2 Å². The number of carbonyl (C=O) groups is 2. The molecule has 2 amide bonds. The van der Waals surface area contributed by atoms with E-state index in [0.29, 0.717) is 23.7 Å². The maximum absolute atomic E-state index is 12.0. The van der Waals surface area contributed by atoms with Gasteiger partial charge in [-0.2, -0.15) is 0 Å². The van der Waals surface area contributed by atoms with E-state index >= 15 is 0 Å². The van der Waals surface area contributed by atoms with E-state index < -0.39 is 11.8 Å². The van der Waals surface area contributed by atoms with Crippen LogP contribution in [-0.4, -0.2) is 30.1 Å². The Labute approximate surface area is 142 Å². The molecule has 23 heavy (non-hydrogen) atoms. The number of carbonyl (C=O) groups excluding carboxylic acids is 2. The molecular formula is C17H25ClN2O3. The molecule has 0 bridgehead atoms. The third kappa shape index (κ3) is 5.22. The fourth-order valence-corrected chi connectivity index (χ4v) is 2.62. The molecule has 0 aromatic heterocycles. The minimum Gasteiger partial charge on any atom is -0.396 e. The van der Waals surface area contributed by atoms with Crippen LogP contribution in [0.5, 0.6) is 0 Å². The second-order valence-corrected chi connectivity index (χ2v) is 6.13. The summed E-state index contributed by atoms with van der Waals surface area (Å²) in [6.07, 6.45) is 2.22. The van der Waals surface area contributed by atoms with E-state index in [0.717, 1.165) is 18.4 Å². The molecule has 0 radical (unpaired) electrons. The summed E-state index contributed by atoms with van der Waals surface area (Å²) in [5.41, 5.74) is 1.05. The second kappa shape index (κ2) is 8.89. The number of anilines is 1. The lowest BCUT2D eigenvalue weighted by molar-refractivity contribution is -0.136. The van der Waals surface area contributed by atoms with Crippen LogP contribution in [0.3, 0.4) is 0 Å². The van der Waals surface area contributed by atoms with Gasteiger partial charge < -0.3 is 15.7 Å². The van der Waals surface area contributed by atoms with Crippen molar-refractivity contribution >= 4 is 29.1 Å². The van der Waals surface area contributed by atoms with Crippen LogP contribution in [0.4, 0.5) is 5.69 Å². The number of aryl methyl sites for hydroxylation is 1. The number of rotatable bonds is 7. The van der Waals surface area contributed by atoms with Crippen molar-refractivity contribution in [1.29, 1.82) is 0 Å². The first kappa shape index (κ1) is 19.5. The van der Waals surface area contributed by atoms with Gasteiger partial charge in [-0.1, -0.05) is 37.6 Å². The standard InChI is InChI=1S/C17H25ClN2O3/c1-4-17(5-2,9-10-21)11-19-15(22)16(23)20-13-8-6-7-12(3)14(13)18/h6-8,21H,4-5,9-11H2,1-3H3,(H,19,22)(H,20,23). The molecule has 1 aromatic rings. The van der Waals surface area contributed by atoms with Gasteiger partial charge >= 0.3 is 11.8 Å². The number of amides is 2. The van der Waals surface area contributed by atoms with Gasteiger partial charge in [0.15, 0.2) is 0 Å². The smallest absolute Gasteiger partial charge is 0.313 e. The molecule has 0 saturated carbocycles. The van der Waals surface area contributed by atoms with Crippen molar-refractivity contribution in [2.75, 3.05) is 18.5 Å². The highest BCUT2D eigenvalue weighted by atomic mass is 35.5. The summed E-state index contributed by atoms with van der Waals surface area (Å²) in [5, 5.41) is 14.8. The molecule has 6 heteroatoms. The van der Waals surface area contributed by atoms with Gasteiger partial charge in [0, 0.05) is 13.2 Å². The molecule has 0 atom stereocenters. The lowest BCUT2D eigenvalue weighted by Gasteiger charge is -2.31. The van der Waals surface area contributed by atoms with Crippen LogP contribution in [0.2, 0.25) is 5.02 Å². The molecule has 0 aliphatic carbocycles. The van der Waals surface area contributed by atoms with E-state index in [-0.39, 0.29) is 12.0 Å². The van der Waals surface area contributed by atoms with Crippen molar-refractivity contribution in [2.45, 2.75) is 40.0 Å². The third-order valence-electron chi connectivity index (χ3n) is 4.41. The third-order valence-corrected chi connectivity index (χ3v) is 4.91. The van der Waals surface area contributed by atoms with Crippen LogP contribution in [0, 0.1) is 12.3 Å². The molecule has 0 heterocycles. The Morgan fingerprint density at radius 3 is 2.43 bits per heavy atom. The first-order valence-electron chi connectivity index (χ1n) is 7.84. The average molecular weight is 341 g/mol. The summed E-state index contributed by atoms with van der Waals surface area (Å²) in [6.45, 7) is 6.26. The molecule has 0 spiro atoms. The summed E-state index contributed by atoms with van der Waals surface area (Å²) in [5.74, 6) is -1.45. The van der Waals surface area contributed by atoms with Crippen LogP contribution in [0.25, 0.3) is 0 Å². The number of hydrogen-bond donors (Lipinski definition) is 3. The highest BCUT2D eigenvalue weighted by molar-refractivity contribution is 6.41. The SMILES string of the molecule is CCC(CC)(CCO)CNC(=O)C(=O)Nc1cccc(C)c1Cl. The fraction of sp³-hybridized carbons (Fsp3) is 0.529. The van der Waals surface area contributed by atoms with E-state index in [1.54, 1.807) is 12.1 Å². The van der Waals surface area contributed by atoms with E-state index in [4.69, 9.17) is 11.6 Å². The van der Waals surface area contributed by atoms with Crippen molar-refractivity contribution in [3.05, 3.63) is 28.8 Å². The van der Waals surface area contributed by atoms with Crippen molar-refractivity contribution in [1.82, 2.24) is 5.32 Å². The topological polar surface area (TPSA) is 78.4 Å². The molecule has 3 N–H and O–H groups in total. The zero-order valence-electron chi connectivity index (χ0n) is 13.9. The quantitative estimate of drug-likeness (QED) is 0.668. The molecule has 0 fully saturated rings. The highest BCUT2D eigenvalue weighted by Gasteiger charge is 2.27. The summed E-state index contributed by atoms with van der Waals surface area (Å²) in [7, 11) is 0. The average Bonchev–Trinajstić information content (AvgIpc) is 2.55. The van der Waals surface area contributed by atoms with Crippen LogP contribution >= 0.6 is 11.6 Å². The number of hydrogen-bond acceptors (Lipinski definition) is 3. The lowest BCUT2D eigenvalue weighted by Crippen LogP contribution is -2.42. The monoisotopic (exact) mass is 340 g/mol. The van der Waals surface area contributed by atoms with Crippen molar-refractivity contribution < 1.29 is 14.7 Å².